The van der Waals surface area contributed by atoms with Gasteiger partial charge in [0.05, 0.1) is 97.8 Å². The molecule has 0 spiro atoms. The Morgan fingerprint density at radius 2 is 0.476 bits per heavy atom. The van der Waals surface area contributed by atoms with Crippen molar-refractivity contribution in [2.24, 2.45) is 0 Å². The third-order valence-corrected chi connectivity index (χ3v) is 24.3. The summed E-state index contributed by atoms with van der Waals surface area (Å²) in [6, 6.07) is 110. The number of amides is 1. The summed E-state index contributed by atoms with van der Waals surface area (Å²) in [6.07, 6.45) is -31.3. The van der Waals surface area contributed by atoms with Crippen LogP contribution in [0.3, 0.4) is 0 Å². The van der Waals surface area contributed by atoms with Crippen LogP contribution in [-0.4, -0.2) is 196 Å². The third-order valence-electron chi connectivity index (χ3n) is 24.3. The molecule has 28 heteroatoms. The molecule has 18 atom stereocenters. The van der Waals surface area contributed by atoms with Crippen LogP contribution in [0.25, 0.3) is 0 Å². The van der Waals surface area contributed by atoms with Crippen LogP contribution in [0.1, 0.15) is 106 Å². The lowest BCUT2D eigenvalue weighted by atomic mass is 9.94. The summed E-state index contributed by atoms with van der Waals surface area (Å²) in [5, 5.41) is 0. The molecule has 17 rings (SSSR count). The van der Waals surface area contributed by atoms with E-state index in [0.29, 0.717) is 11.1 Å². The Labute approximate surface area is 826 Å². The van der Waals surface area contributed by atoms with E-state index >= 15 is 33.6 Å². The van der Waals surface area contributed by atoms with Gasteiger partial charge in [0.2, 0.25) is 0 Å². The van der Waals surface area contributed by atoms with E-state index < -0.39 is 178 Å². The molecule has 4 saturated heterocycles. The molecule has 0 radical (unpaired) electrons. The molecule has 732 valence electrons. The van der Waals surface area contributed by atoms with Crippen molar-refractivity contribution in [3.8, 4) is 0 Å². The van der Waals surface area contributed by atoms with E-state index in [4.69, 9.17) is 90.0 Å². The fourth-order valence-electron chi connectivity index (χ4n) is 17.1. The number of ether oxygens (including phenoxy) is 19. The lowest BCUT2D eigenvalue weighted by Gasteiger charge is -2.51. The molecular formula is C115H105NO27. The van der Waals surface area contributed by atoms with Crippen LogP contribution in [0.4, 0.5) is 4.79 Å². The fourth-order valence-corrected chi connectivity index (χ4v) is 17.1. The van der Waals surface area contributed by atoms with E-state index in [2.05, 4.69) is 0 Å². The zero-order valence-electron chi connectivity index (χ0n) is 77.7. The van der Waals surface area contributed by atoms with E-state index in [9.17, 15) is 4.79 Å². The molecule has 0 bridgehead atoms. The molecular weight excluding hydrogens is 1830 g/mol. The molecule has 0 aromatic heterocycles. The Balaban J connectivity index is 0.836. The number of carbonyl (C=O) groups is 8. The maximum absolute atomic E-state index is 16.0. The number of esters is 7. The first-order chi connectivity index (χ1) is 70.2. The minimum Gasteiger partial charge on any atom is -0.459 e. The summed E-state index contributed by atoms with van der Waals surface area (Å²) in [5.74, 6) is -7.16. The van der Waals surface area contributed by atoms with Gasteiger partial charge in [-0.3, -0.25) is 4.90 Å². The fraction of sp³-hybridized carbons (Fsp3) is 0.252. The molecule has 143 heavy (non-hydrogen) atoms. The predicted molar refractivity (Wildman–Crippen MR) is 517 cm³/mol. The van der Waals surface area contributed by atoms with Crippen LogP contribution in [0, 0.1) is 0 Å². The van der Waals surface area contributed by atoms with Crippen molar-refractivity contribution >= 4 is 47.9 Å². The number of hydrogen-bond donors (Lipinski definition) is 0. The molecule has 13 aromatic carbocycles. The zero-order valence-corrected chi connectivity index (χ0v) is 77.7. The summed E-state index contributed by atoms with van der Waals surface area (Å²) in [4.78, 5) is 124. The molecule has 0 saturated carbocycles. The summed E-state index contributed by atoms with van der Waals surface area (Å²) < 4.78 is 133. The summed E-state index contributed by atoms with van der Waals surface area (Å²) in [7, 11) is 0. The highest BCUT2D eigenvalue weighted by molar-refractivity contribution is 5.93. The maximum Gasteiger partial charge on any atom is 0.410 e. The molecule has 4 heterocycles. The second-order valence-corrected chi connectivity index (χ2v) is 34.2. The first-order valence-electron chi connectivity index (χ1n) is 47.1. The summed E-state index contributed by atoms with van der Waals surface area (Å²) in [5.41, 5.74) is 4.33. The first kappa shape index (κ1) is 99.5. The minimum atomic E-state index is -2.26. The van der Waals surface area contributed by atoms with Gasteiger partial charge in [0, 0.05) is 0 Å². The van der Waals surface area contributed by atoms with E-state index in [-0.39, 0.29) is 91.7 Å². The SMILES string of the molecule is O=C(OC[C@H]1O[C@@H](O[C@H]2[C@H](OC(=O)c3ccccc3)[C@@H](OC(=O)c3ccccc3)[C@H](O[C@@H]3[C@H](OCc4ccccc4)[C@@H](OCc4ccccc4)[C@@H](O[C@H]4[C@@H](OCc5ccccc5)CN(C(=O)OCc5ccccc5)[C@H]4COCc4ccccc4)O[C@@H]3COCc3ccccc3)O[C@@H]2COC(=O)c2ccccc2)[C@H](OC(=O)c2ccccc2)[C@@H](OC(=O)c2ccccc2)[C@@H]1OC(=O)c1ccccc1)c1ccccc1. The van der Waals surface area contributed by atoms with E-state index in [1.807, 2.05) is 182 Å². The Bertz CT molecular complexity index is 6190. The largest absolute Gasteiger partial charge is 0.459 e. The zero-order chi connectivity index (χ0) is 98.3. The predicted octanol–water partition coefficient (Wildman–Crippen LogP) is 17.4. The van der Waals surface area contributed by atoms with Crippen molar-refractivity contribution in [3.63, 3.8) is 0 Å². The highest BCUT2D eigenvalue weighted by Crippen LogP contribution is 2.42. The number of rotatable bonds is 41. The van der Waals surface area contributed by atoms with Crippen molar-refractivity contribution in [2.75, 3.05) is 33.0 Å². The molecule has 4 aliphatic rings. The van der Waals surface area contributed by atoms with Gasteiger partial charge in [-0.1, -0.05) is 309 Å². The third kappa shape index (κ3) is 27.0. The topological polar surface area (TPSA) is 315 Å². The van der Waals surface area contributed by atoms with Gasteiger partial charge in [0.1, 0.15) is 74.8 Å². The average Bonchev–Trinajstić information content (AvgIpc) is 1.59. The number of likely N-dealkylation sites (tertiary alicyclic amines) is 1. The quantitative estimate of drug-likeness (QED) is 0.0254. The van der Waals surface area contributed by atoms with Gasteiger partial charge in [-0.25, -0.2) is 38.4 Å². The van der Waals surface area contributed by atoms with Gasteiger partial charge < -0.3 is 90.0 Å². The molecule has 0 aliphatic carbocycles. The Hall–Kier alpha value is -15.0. The molecule has 13 aromatic rings. The summed E-state index contributed by atoms with van der Waals surface area (Å²) >= 11 is 0. The van der Waals surface area contributed by atoms with E-state index in [1.165, 1.54) is 89.8 Å². The van der Waals surface area contributed by atoms with Crippen LogP contribution in [0.2, 0.25) is 0 Å². The second-order valence-electron chi connectivity index (χ2n) is 34.2. The standard InChI is InChI=1S/C115H105NO27/c117-105(83-52-26-7-27-53-83)130-75-93-97(136-107(119)85-56-30-9-31-57-85)100(137-108(120)86-58-32-10-33-59-86)103(139-110(122)88-62-36-12-37-63-88)114(134-93)143-98-94(76-131-106(118)84-54-28-8-29-55-84)135-113(104(140-111(123)89-64-38-13-39-65-89)101(98)138-109(121)87-60-34-11-35-61-87)142-96-92(74-126-68-78-42-16-2-17-43-78)133-112(102(129-71-81-48-22-5-23-49-81)99(96)128-70-80-46-20-4-21-47-80)141-95-90(73-125-67-77-40-14-1-15-41-77)116(115(124)132-72-82-50-24-6-25-51-82)66-91(95)127-69-79-44-18-3-19-45-79/h1-65,90-104,112-114H,66-76H2/t90-,91-,92+,93+,94+,95+,96-,97+,98+,99-,100-,101-,102+,103+,104+,112+,113-,114-/m0/s1. The van der Waals surface area contributed by atoms with Crippen molar-refractivity contribution in [1.29, 1.82) is 0 Å². The van der Waals surface area contributed by atoms with Crippen LogP contribution in [-0.2, 0) is 130 Å². The maximum atomic E-state index is 16.0. The van der Waals surface area contributed by atoms with Gasteiger partial charge in [-0.15, -0.1) is 0 Å². The van der Waals surface area contributed by atoms with Crippen molar-refractivity contribution in [2.45, 2.75) is 150 Å². The average molecular weight is 1930 g/mol. The van der Waals surface area contributed by atoms with E-state index in [1.54, 1.807) is 127 Å². The van der Waals surface area contributed by atoms with Gasteiger partial charge >= 0.3 is 47.9 Å². The first-order valence-corrected chi connectivity index (χ1v) is 47.1. The number of hydrogen-bond acceptors (Lipinski definition) is 27. The second kappa shape index (κ2) is 50.4. The Kier molecular flexibility index (Phi) is 35.1. The monoisotopic (exact) mass is 1930 g/mol. The van der Waals surface area contributed by atoms with Gasteiger partial charge in [-0.2, -0.15) is 0 Å². The summed E-state index contributed by atoms with van der Waals surface area (Å²) in [6.45, 7) is -2.70. The molecule has 0 N–H and O–H groups in total. The highest BCUT2D eigenvalue weighted by Gasteiger charge is 2.61. The number of benzene rings is 13. The molecule has 4 fully saturated rings. The van der Waals surface area contributed by atoms with Crippen LogP contribution < -0.4 is 0 Å². The van der Waals surface area contributed by atoms with Crippen LogP contribution >= 0.6 is 0 Å². The van der Waals surface area contributed by atoms with Gasteiger partial charge in [0.15, 0.2) is 49.4 Å². The van der Waals surface area contributed by atoms with Gasteiger partial charge in [0.25, 0.3) is 0 Å². The normalized spacial score (nSPS) is 22.9. The number of nitrogens with zero attached hydrogens (tertiary/aromatic N) is 1. The van der Waals surface area contributed by atoms with Crippen LogP contribution in [0.15, 0.2) is 394 Å². The smallest absolute Gasteiger partial charge is 0.410 e. The van der Waals surface area contributed by atoms with Crippen molar-refractivity contribution < 1.29 is 128 Å². The highest BCUT2D eigenvalue weighted by atomic mass is 16.8. The van der Waals surface area contributed by atoms with Crippen molar-refractivity contribution in [3.05, 3.63) is 467 Å². The molecule has 0 unspecified atom stereocenters. The Morgan fingerprint density at radius 3 is 0.832 bits per heavy atom. The molecule has 4 aliphatic heterocycles. The van der Waals surface area contributed by atoms with Crippen molar-refractivity contribution in [1.82, 2.24) is 4.90 Å². The minimum absolute atomic E-state index is 0.00727. The van der Waals surface area contributed by atoms with E-state index in [0.717, 1.165) is 22.3 Å². The van der Waals surface area contributed by atoms with Gasteiger partial charge in [-0.05, 0) is 118 Å². The van der Waals surface area contributed by atoms with Crippen LogP contribution in [0.5, 0.6) is 0 Å². The Morgan fingerprint density at radius 1 is 0.224 bits per heavy atom. The number of carbonyl (C=O) groups excluding carboxylic acids is 8. The lowest BCUT2D eigenvalue weighted by molar-refractivity contribution is -0.385. The lowest BCUT2D eigenvalue weighted by Crippen LogP contribution is -2.69. The molecule has 1 amide bonds. The molecule has 28 nitrogen and oxygen atoms in total.